The van der Waals surface area contributed by atoms with Gasteiger partial charge in [-0.3, -0.25) is 9.59 Å². The molecule has 5 rings (SSSR count). The van der Waals surface area contributed by atoms with Crippen molar-refractivity contribution in [2.75, 3.05) is 0 Å². The number of hydrogen-bond donors (Lipinski definition) is 0. The molecule has 0 fully saturated rings. The van der Waals surface area contributed by atoms with Gasteiger partial charge in [0.15, 0.2) is 5.82 Å². The molecule has 2 aromatic carbocycles. The second-order valence-electron chi connectivity index (χ2n) is 6.85. The van der Waals surface area contributed by atoms with Crippen LogP contribution in [0.25, 0.3) is 33.7 Å². The Labute approximate surface area is 190 Å². The van der Waals surface area contributed by atoms with Crippen LogP contribution in [0.15, 0.2) is 69.9 Å². The van der Waals surface area contributed by atoms with E-state index >= 15 is 0 Å². The first-order valence-corrected chi connectivity index (χ1v) is 10.7. The molecule has 0 radical (unpaired) electrons. The molecule has 0 amide bonds. The van der Waals surface area contributed by atoms with Crippen molar-refractivity contribution in [2.24, 2.45) is 0 Å². The van der Waals surface area contributed by atoms with Gasteiger partial charge in [0.25, 0.3) is 5.56 Å². The number of carbonyl (C=O) groups excluding carboxylic acids is 1. The van der Waals surface area contributed by atoms with Crippen molar-refractivity contribution in [3.05, 3.63) is 86.3 Å². The number of furan rings is 1. The first-order chi connectivity index (χ1) is 15.5. The minimum Gasteiger partial charge on any atom is -0.457 e. The highest BCUT2D eigenvalue weighted by atomic mass is 35.5. The number of hydrogen-bond acceptors (Lipinski definition) is 7. The molecule has 0 aliphatic carbocycles. The van der Waals surface area contributed by atoms with Crippen LogP contribution in [0.2, 0.25) is 5.02 Å². The van der Waals surface area contributed by atoms with Crippen LogP contribution in [0, 0.1) is 0 Å². The molecule has 158 valence electrons. The van der Waals surface area contributed by atoms with Crippen molar-refractivity contribution in [1.82, 2.24) is 14.6 Å². The van der Waals surface area contributed by atoms with E-state index in [1.54, 1.807) is 42.5 Å². The second kappa shape index (κ2) is 8.07. The van der Waals surface area contributed by atoms with E-state index in [0.29, 0.717) is 43.2 Å². The third kappa shape index (κ3) is 3.81. The summed E-state index contributed by atoms with van der Waals surface area (Å²) >= 11 is 7.24. The maximum atomic E-state index is 12.9. The minimum atomic E-state index is -0.449. The number of ether oxygens (including phenoxy) is 1. The Morgan fingerprint density at radius 3 is 2.78 bits per heavy atom. The van der Waals surface area contributed by atoms with Gasteiger partial charge in [-0.25, -0.2) is 0 Å². The molecule has 7 nitrogen and oxygen atoms in total. The Hall–Kier alpha value is -3.75. The lowest BCUT2D eigenvalue weighted by molar-refractivity contribution is -0.131. The molecule has 0 N–H and O–H groups in total. The summed E-state index contributed by atoms with van der Waals surface area (Å²) in [6, 6.07) is 17.8. The Balaban J connectivity index is 1.51. The molecule has 0 unspecified atom stereocenters. The predicted molar refractivity (Wildman–Crippen MR) is 122 cm³/mol. The number of carbonyl (C=O) groups is 1. The fourth-order valence-electron chi connectivity index (χ4n) is 3.20. The molecule has 0 bridgehead atoms. The van der Waals surface area contributed by atoms with Crippen LogP contribution in [0.4, 0.5) is 0 Å². The Morgan fingerprint density at radius 1 is 1.16 bits per heavy atom. The summed E-state index contributed by atoms with van der Waals surface area (Å²) in [5.41, 5.74) is 1.06. The van der Waals surface area contributed by atoms with Crippen LogP contribution >= 0.6 is 22.9 Å². The topological polar surface area (TPSA) is 86.7 Å². The van der Waals surface area contributed by atoms with E-state index in [1.165, 1.54) is 22.8 Å². The maximum absolute atomic E-state index is 12.9. The average Bonchev–Trinajstić information content (AvgIpc) is 3.46. The van der Waals surface area contributed by atoms with Gasteiger partial charge in [-0.05, 0) is 36.4 Å². The lowest BCUT2D eigenvalue weighted by Gasteiger charge is -2.04. The smallest absolute Gasteiger partial charge is 0.308 e. The molecule has 0 aliphatic heterocycles. The Bertz CT molecular complexity index is 1580. The van der Waals surface area contributed by atoms with E-state index in [0.717, 1.165) is 5.56 Å². The van der Waals surface area contributed by atoms with Crippen molar-refractivity contribution in [3.8, 4) is 28.5 Å². The lowest BCUT2D eigenvalue weighted by atomic mass is 10.2. The summed E-state index contributed by atoms with van der Waals surface area (Å²) in [6.45, 7) is 1.32. The number of rotatable bonds is 4. The fraction of sp³-hybridized carbons (Fsp3) is 0.0435. The quantitative estimate of drug-likeness (QED) is 0.293. The van der Waals surface area contributed by atoms with Gasteiger partial charge < -0.3 is 9.15 Å². The zero-order chi connectivity index (χ0) is 22.2. The first kappa shape index (κ1) is 20.2. The van der Waals surface area contributed by atoms with Crippen LogP contribution in [-0.2, 0) is 4.79 Å². The molecular weight excluding hydrogens is 450 g/mol. The maximum Gasteiger partial charge on any atom is 0.308 e. The highest BCUT2D eigenvalue weighted by Crippen LogP contribution is 2.28. The molecular formula is C23H14ClN3O4S. The molecule has 3 aromatic heterocycles. The van der Waals surface area contributed by atoms with Gasteiger partial charge in [-0.1, -0.05) is 47.2 Å². The third-order valence-electron chi connectivity index (χ3n) is 4.57. The SMILES string of the molecule is CC(=O)Oc1ccccc1-c1nc2sc(=Cc3ccc(-c4cccc(Cl)c4)o3)c(=O)n2n1. The van der Waals surface area contributed by atoms with Gasteiger partial charge in [0.2, 0.25) is 4.96 Å². The number of thiazole rings is 1. The molecule has 9 heteroatoms. The molecule has 0 saturated heterocycles. The monoisotopic (exact) mass is 463 g/mol. The van der Waals surface area contributed by atoms with Crippen LogP contribution < -0.4 is 14.8 Å². The number of para-hydroxylation sites is 1. The largest absolute Gasteiger partial charge is 0.457 e. The van der Waals surface area contributed by atoms with E-state index < -0.39 is 5.97 Å². The average molecular weight is 464 g/mol. The number of aromatic nitrogens is 3. The number of nitrogens with zero attached hydrogens (tertiary/aromatic N) is 3. The van der Waals surface area contributed by atoms with Crippen molar-refractivity contribution in [3.63, 3.8) is 0 Å². The van der Waals surface area contributed by atoms with Gasteiger partial charge in [0.1, 0.15) is 21.8 Å². The van der Waals surface area contributed by atoms with Crippen molar-refractivity contribution in [1.29, 1.82) is 0 Å². The van der Waals surface area contributed by atoms with E-state index in [-0.39, 0.29) is 5.56 Å². The van der Waals surface area contributed by atoms with E-state index in [2.05, 4.69) is 10.1 Å². The van der Waals surface area contributed by atoms with Crippen molar-refractivity contribution in [2.45, 2.75) is 6.92 Å². The molecule has 0 atom stereocenters. The first-order valence-electron chi connectivity index (χ1n) is 9.53. The summed E-state index contributed by atoms with van der Waals surface area (Å²) in [7, 11) is 0. The standard InChI is InChI=1S/C23H14ClN3O4S/c1-13(28)30-19-8-3-2-7-17(19)21-25-23-27(26-21)22(29)20(32-23)12-16-9-10-18(31-16)14-5-4-6-15(24)11-14/h2-12H,1H3. The Kier molecular flexibility index (Phi) is 5.08. The number of benzene rings is 2. The lowest BCUT2D eigenvalue weighted by Crippen LogP contribution is -2.23. The summed E-state index contributed by atoms with van der Waals surface area (Å²) in [4.78, 5) is 29.1. The number of fused-ring (bicyclic) bond motifs is 1. The molecule has 0 spiro atoms. The molecule has 32 heavy (non-hydrogen) atoms. The highest BCUT2D eigenvalue weighted by Gasteiger charge is 2.16. The van der Waals surface area contributed by atoms with Gasteiger partial charge in [0, 0.05) is 23.6 Å². The van der Waals surface area contributed by atoms with Gasteiger partial charge in [0.05, 0.1) is 5.56 Å². The summed E-state index contributed by atoms with van der Waals surface area (Å²) in [5, 5.41) is 4.94. The van der Waals surface area contributed by atoms with Gasteiger partial charge in [-0.15, -0.1) is 5.10 Å². The van der Waals surface area contributed by atoms with Crippen LogP contribution in [0.1, 0.15) is 12.7 Å². The third-order valence-corrected chi connectivity index (χ3v) is 5.77. The summed E-state index contributed by atoms with van der Waals surface area (Å²) in [5.74, 6) is 1.37. The van der Waals surface area contributed by atoms with E-state index in [4.69, 9.17) is 20.8 Å². The summed E-state index contributed by atoms with van der Waals surface area (Å²) in [6.07, 6.45) is 1.66. The van der Waals surface area contributed by atoms with E-state index in [1.807, 2.05) is 24.3 Å². The Morgan fingerprint density at radius 2 is 2.00 bits per heavy atom. The fourth-order valence-corrected chi connectivity index (χ4v) is 4.28. The normalized spacial score (nSPS) is 11.9. The zero-order valence-electron chi connectivity index (χ0n) is 16.6. The van der Waals surface area contributed by atoms with E-state index in [9.17, 15) is 9.59 Å². The molecule has 3 heterocycles. The highest BCUT2D eigenvalue weighted by molar-refractivity contribution is 7.15. The zero-order valence-corrected chi connectivity index (χ0v) is 18.2. The minimum absolute atomic E-state index is 0.304. The molecule has 0 aliphatic rings. The number of esters is 1. The van der Waals surface area contributed by atoms with Crippen LogP contribution in [0.5, 0.6) is 5.75 Å². The molecule has 5 aromatic rings. The predicted octanol–water partition coefficient (Wildman–Crippen LogP) is 4.20. The number of halogens is 1. The molecule has 0 saturated carbocycles. The van der Waals surface area contributed by atoms with Crippen LogP contribution in [-0.4, -0.2) is 20.6 Å². The summed E-state index contributed by atoms with van der Waals surface area (Å²) < 4.78 is 12.7. The van der Waals surface area contributed by atoms with Gasteiger partial charge in [-0.2, -0.15) is 9.50 Å². The van der Waals surface area contributed by atoms with Crippen LogP contribution in [0.3, 0.4) is 0 Å². The van der Waals surface area contributed by atoms with Crippen molar-refractivity contribution < 1.29 is 13.9 Å². The van der Waals surface area contributed by atoms with Crippen molar-refractivity contribution >= 4 is 39.9 Å². The second-order valence-corrected chi connectivity index (χ2v) is 8.29. The van der Waals surface area contributed by atoms with Gasteiger partial charge >= 0.3 is 5.97 Å².